The normalized spacial score (nSPS) is 13.4. The van der Waals surface area contributed by atoms with Crippen LogP contribution in [0.2, 0.25) is 0 Å². The van der Waals surface area contributed by atoms with Crippen molar-refractivity contribution in [3.05, 3.63) is 58.0 Å². The third-order valence-electron chi connectivity index (χ3n) is 4.07. The van der Waals surface area contributed by atoms with Crippen LogP contribution in [0.5, 0.6) is 0 Å². The Morgan fingerprint density at radius 2 is 1.88 bits per heavy atom. The van der Waals surface area contributed by atoms with E-state index in [4.69, 9.17) is 0 Å². The second-order valence-electron chi connectivity index (χ2n) is 6.11. The van der Waals surface area contributed by atoms with Gasteiger partial charge in [-0.1, -0.05) is 6.07 Å². The number of nitrogens with one attached hydrogen (secondary N) is 2. The van der Waals surface area contributed by atoms with Gasteiger partial charge in [0.25, 0.3) is 11.5 Å². The summed E-state index contributed by atoms with van der Waals surface area (Å²) in [5, 5.41) is 5.65. The van der Waals surface area contributed by atoms with E-state index in [1.54, 1.807) is 25.4 Å². The van der Waals surface area contributed by atoms with Crippen LogP contribution in [-0.4, -0.2) is 16.4 Å². The van der Waals surface area contributed by atoms with Crippen LogP contribution in [0.4, 0.5) is 11.4 Å². The molecule has 2 N–H and O–H groups in total. The predicted molar refractivity (Wildman–Crippen MR) is 92.2 cm³/mol. The number of benzene rings is 1. The first-order valence-corrected chi connectivity index (χ1v) is 7.83. The summed E-state index contributed by atoms with van der Waals surface area (Å²) in [7, 11) is 1.63. The maximum Gasteiger partial charge on any atom is 0.255 e. The van der Waals surface area contributed by atoms with Gasteiger partial charge in [0.15, 0.2) is 0 Å². The highest BCUT2D eigenvalue weighted by molar-refractivity contribution is 6.05. The van der Waals surface area contributed by atoms with Crippen LogP contribution in [0.25, 0.3) is 0 Å². The molecule has 2 amide bonds. The number of hydrogen-bond donors (Lipinski definition) is 2. The molecule has 1 heterocycles. The number of anilines is 2. The van der Waals surface area contributed by atoms with E-state index >= 15 is 0 Å². The van der Waals surface area contributed by atoms with E-state index in [1.807, 2.05) is 19.1 Å². The van der Waals surface area contributed by atoms with Gasteiger partial charge >= 0.3 is 0 Å². The van der Waals surface area contributed by atoms with Gasteiger partial charge in [-0.25, -0.2) is 0 Å². The monoisotopic (exact) mass is 325 g/mol. The van der Waals surface area contributed by atoms with Gasteiger partial charge in [0.1, 0.15) is 0 Å². The van der Waals surface area contributed by atoms with Crippen LogP contribution in [-0.2, 0) is 11.8 Å². The van der Waals surface area contributed by atoms with E-state index in [-0.39, 0.29) is 23.3 Å². The molecule has 3 rings (SSSR count). The SMILES string of the molecule is Cc1ccc(NC(=O)C2CC2)cc1NC(=O)c1ccn(C)c(=O)c1. The van der Waals surface area contributed by atoms with Gasteiger partial charge in [-0.2, -0.15) is 0 Å². The van der Waals surface area contributed by atoms with E-state index in [9.17, 15) is 14.4 Å². The molecule has 0 radical (unpaired) electrons. The van der Waals surface area contributed by atoms with Crippen LogP contribution >= 0.6 is 0 Å². The van der Waals surface area contributed by atoms with Crippen molar-refractivity contribution < 1.29 is 9.59 Å². The van der Waals surface area contributed by atoms with Crippen LogP contribution in [0, 0.1) is 12.8 Å². The number of amides is 2. The summed E-state index contributed by atoms with van der Waals surface area (Å²) in [4.78, 5) is 35.8. The lowest BCUT2D eigenvalue weighted by molar-refractivity contribution is -0.117. The smallest absolute Gasteiger partial charge is 0.255 e. The van der Waals surface area contributed by atoms with Crippen LogP contribution in [0.1, 0.15) is 28.8 Å². The topological polar surface area (TPSA) is 80.2 Å². The fourth-order valence-electron chi connectivity index (χ4n) is 2.31. The summed E-state index contributed by atoms with van der Waals surface area (Å²) in [5.41, 5.74) is 2.18. The zero-order valence-corrected chi connectivity index (χ0v) is 13.6. The molecule has 6 heteroatoms. The van der Waals surface area contributed by atoms with Crippen LogP contribution in [0.15, 0.2) is 41.3 Å². The van der Waals surface area contributed by atoms with Crippen molar-refractivity contribution in [2.24, 2.45) is 13.0 Å². The Labute approximate surface area is 139 Å². The van der Waals surface area contributed by atoms with E-state index in [0.29, 0.717) is 16.9 Å². The molecule has 0 saturated heterocycles. The van der Waals surface area contributed by atoms with Crippen molar-refractivity contribution in [2.45, 2.75) is 19.8 Å². The van der Waals surface area contributed by atoms with Crippen molar-refractivity contribution in [3.8, 4) is 0 Å². The lowest BCUT2D eigenvalue weighted by Crippen LogP contribution is -2.20. The standard InChI is InChI=1S/C18H19N3O3/c1-11-3-6-14(19-17(23)12-4-5-12)10-15(11)20-18(24)13-7-8-21(2)16(22)9-13/h3,6-10,12H,4-5H2,1-2H3,(H,19,23)(H,20,24). The lowest BCUT2D eigenvalue weighted by atomic mass is 10.1. The molecule has 2 aromatic rings. The first kappa shape index (κ1) is 16.0. The Morgan fingerprint density at radius 3 is 2.54 bits per heavy atom. The molecule has 1 aromatic heterocycles. The van der Waals surface area contributed by atoms with E-state index in [0.717, 1.165) is 18.4 Å². The largest absolute Gasteiger partial charge is 0.326 e. The molecule has 0 spiro atoms. The average Bonchev–Trinajstić information content (AvgIpc) is 3.38. The molecule has 1 aliphatic rings. The summed E-state index contributed by atoms with van der Waals surface area (Å²) < 4.78 is 1.40. The zero-order valence-electron chi connectivity index (χ0n) is 13.6. The highest BCUT2D eigenvalue weighted by Crippen LogP contribution is 2.30. The minimum absolute atomic E-state index is 0.0164. The molecular formula is C18H19N3O3. The van der Waals surface area contributed by atoms with Gasteiger partial charge < -0.3 is 15.2 Å². The van der Waals surface area contributed by atoms with Gasteiger partial charge in [0.05, 0.1) is 0 Å². The Bertz CT molecular complexity index is 866. The molecule has 1 aliphatic carbocycles. The van der Waals surface area contributed by atoms with Crippen molar-refractivity contribution >= 4 is 23.2 Å². The second kappa shape index (κ2) is 6.31. The molecule has 1 aromatic carbocycles. The van der Waals surface area contributed by atoms with Gasteiger partial charge in [-0.3, -0.25) is 14.4 Å². The Kier molecular flexibility index (Phi) is 4.20. The third kappa shape index (κ3) is 3.53. The zero-order chi connectivity index (χ0) is 17.3. The molecular weight excluding hydrogens is 306 g/mol. The number of pyridine rings is 1. The number of aromatic nitrogens is 1. The Hall–Kier alpha value is -2.89. The van der Waals surface area contributed by atoms with Crippen molar-refractivity contribution in [2.75, 3.05) is 10.6 Å². The first-order chi connectivity index (χ1) is 11.4. The molecule has 6 nitrogen and oxygen atoms in total. The van der Waals surface area contributed by atoms with E-state index in [2.05, 4.69) is 10.6 Å². The molecule has 0 bridgehead atoms. The fraction of sp³-hybridized carbons (Fsp3) is 0.278. The van der Waals surface area contributed by atoms with Crippen molar-refractivity contribution in [1.82, 2.24) is 4.57 Å². The number of hydrogen-bond acceptors (Lipinski definition) is 3. The summed E-state index contributed by atoms with van der Waals surface area (Å²) in [5.74, 6) is -0.228. The third-order valence-corrected chi connectivity index (χ3v) is 4.07. The molecule has 0 atom stereocenters. The van der Waals surface area contributed by atoms with Gasteiger partial charge in [-0.05, 0) is 43.5 Å². The fourth-order valence-corrected chi connectivity index (χ4v) is 2.31. The number of nitrogens with zero attached hydrogens (tertiary/aromatic N) is 1. The lowest BCUT2D eigenvalue weighted by Gasteiger charge is -2.12. The van der Waals surface area contributed by atoms with Crippen molar-refractivity contribution in [3.63, 3.8) is 0 Å². The molecule has 0 aliphatic heterocycles. The van der Waals surface area contributed by atoms with E-state index in [1.165, 1.54) is 10.6 Å². The number of rotatable bonds is 4. The maximum absolute atomic E-state index is 12.3. The Morgan fingerprint density at radius 1 is 1.12 bits per heavy atom. The molecule has 1 fully saturated rings. The maximum atomic E-state index is 12.3. The first-order valence-electron chi connectivity index (χ1n) is 7.83. The summed E-state index contributed by atoms with van der Waals surface area (Å²) >= 11 is 0. The number of carbonyl (C=O) groups is 2. The highest BCUT2D eigenvalue weighted by atomic mass is 16.2. The minimum Gasteiger partial charge on any atom is -0.326 e. The molecule has 124 valence electrons. The van der Waals surface area contributed by atoms with Crippen LogP contribution < -0.4 is 16.2 Å². The molecule has 24 heavy (non-hydrogen) atoms. The average molecular weight is 325 g/mol. The molecule has 0 unspecified atom stereocenters. The van der Waals surface area contributed by atoms with Crippen LogP contribution in [0.3, 0.4) is 0 Å². The summed E-state index contributed by atoms with van der Waals surface area (Å²) in [6, 6.07) is 8.26. The van der Waals surface area contributed by atoms with E-state index < -0.39 is 0 Å². The summed E-state index contributed by atoms with van der Waals surface area (Å²) in [6.45, 7) is 1.87. The number of aryl methyl sites for hydroxylation is 2. The number of carbonyl (C=O) groups excluding carboxylic acids is 2. The Balaban J connectivity index is 1.77. The summed E-state index contributed by atoms with van der Waals surface area (Å²) in [6.07, 6.45) is 3.42. The molecule has 1 saturated carbocycles. The second-order valence-corrected chi connectivity index (χ2v) is 6.11. The highest BCUT2D eigenvalue weighted by Gasteiger charge is 2.29. The predicted octanol–water partition coefficient (Wildman–Crippen LogP) is 2.29. The minimum atomic E-state index is -0.360. The van der Waals surface area contributed by atoms with Gasteiger partial charge in [0.2, 0.25) is 5.91 Å². The van der Waals surface area contributed by atoms with Gasteiger partial charge in [-0.15, -0.1) is 0 Å². The van der Waals surface area contributed by atoms with Crippen molar-refractivity contribution in [1.29, 1.82) is 0 Å². The quantitative estimate of drug-likeness (QED) is 0.905. The van der Waals surface area contributed by atoms with Gasteiger partial charge in [0, 0.05) is 42.2 Å².